The molecule has 33 heavy (non-hydrogen) atoms. The number of carbonyl (C=O) groups is 3. The highest BCUT2D eigenvalue weighted by Crippen LogP contribution is 2.38. The van der Waals surface area contributed by atoms with Crippen molar-refractivity contribution in [3.05, 3.63) is 54.1 Å². The maximum absolute atomic E-state index is 12.1. The molecule has 10 heteroatoms. The Kier molecular flexibility index (Phi) is 7.74. The molecular weight excluding hydrogens is 428 g/mol. The van der Waals surface area contributed by atoms with Gasteiger partial charge in [0.25, 0.3) is 11.8 Å². The largest absolute Gasteiger partial charge is 0.493 e. The van der Waals surface area contributed by atoms with Gasteiger partial charge in [-0.25, -0.2) is 0 Å². The number of nitrogens with zero attached hydrogens (tertiary/aromatic N) is 3. The molecular formula is C23H24N4O6. The van der Waals surface area contributed by atoms with Crippen LogP contribution in [0.3, 0.4) is 0 Å². The van der Waals surface area contributed by atoms with E-state index in [0.29, 0.717) is 16.7 Å². The van der Waals surface area contributed by atoms with E-state index in [4.69, 9.17) is 9.47 Å². The van der Waals surface area contributed by atoms with E-state index in [0.717, 1.165) is 5.56 Å². The molecule has 0 fully saturated rings. The summed E-state index contributed by atoms with van der Waals surface area (Å²) < 4.78 is 11.6. The second-order valence-electron chi connectivity index (χ2n) is 7.05. The van der Waals surface area contributed by atoms with Gasteiger partial charge < -0.3 is 19.9 Å². The van der Waals surface area contributed by atoms with Gasteiger partial charge in [0.2, 0.25) is 5.88 Å². The molecule has 2 aromatic carbocycles. The molecule has 2 amide bonds. The van der Waals surface area contributed by atoms with Crippen molar-refractivity contribution in [2.75, 3.05) is 19.8 Å². The first kappa shape index (κ1) is 23.5. The van der Waals surface area contributed by atoms with Crippen molar-refractivity contribution in [1.29, 1.82) is 0 Å². The van der Waals surface area contributed by atoms with Crippen molar-refractivity contribution >= 4 is 34.4 Å². The lowest BCUT2D eigenvalue weighted by molar-refractivity contribution is -0.143. The molecule has 172 valence electrons. The van der Waals surface area contributed by atoms with E-state index >= 15 is 0 Å². The van der Waals surface area contributed by atoms with Crippen LogP contribution in [-0.4, -0.2) is 47.2 Å². The van der Waals surface area contributed by atoms with Gasteiger partial charge in [-0.15, -0.1) is 10.2 Å². The fourth-order valence-corrected chi connectivity index (χ4v) is 3.02. The number of esters is 1. The lowest BCUT2D eigenvalue weighted by atomic mass is 10.2. The van der Waals surface area contributed by atoms with Gasteiger partial charge in [-0.3, -0.25) is 19.0 Å². The number of hydrogen-bond donors (Lipinski definition) is 2. The maximum Gasteiger partial charge on any atom is 0.326 e. The minimum atomic E-state index is -0.722. The summed E-state index contributed by atoms with van der Waals surface area (Å²) >= 11 is 0. The number of rotatable bonds is 9. The molecule has 3 rings (SSSR count). The Balaban J connectivity index is 1.61. The first-order chi connectivity index (χ1) is 15.9. The predicted octanol–water partition coefficient (Wildman–Crippen LogP) is 3.02. The molecule has 0 saturated heterocycles. The SMILES string of the molecule is CCOC(=O)Cn1c(O)c(N=NC(=O)CNC(=O)COc2ccc(C)cc2)c2ccccc21. The monoisotopic (exact) mass is 452 g/mol. The number of hydrogen-bond acceptors (Lipinski definition) is 7. The molecule has 0 bridgehead atoms. The molecule has 0 radical (unpaired) electrons. The number of ether oxygens (including phenoxy) is 2. The van der Waals surface area contributed by atoms with Crippen LogP contribution in [-0.2, 0) is 25.7 Å². The van der Waals surface area contributed by atoms with Crippen LogP contribution in [0.2, 0.25) is 0 Å². The van der Waals surface area contributed by atoms with Gasteiger partial charge >= 0.3 is 5.97 Å². The second kappa shape index (κ2) is 10.9. The van der Waals surface area contributed by atoms with Crippen molar-refractivity contribution in [3.63, 3.8) is 0 Å². The first-order valence-corrected chi connectivity index (χ1v) is 10.3. The van der Waals surface area contributed by atoms with Gasteiger partial charge in [-0.1, -0.05) is 35.9 Å². The number of amides is 2. The highest BCUT2D eigenvalue weighted by molar-refractivity contribution is 5.96. The van der Waals surface area contributed by atoms with Crippen LogP contribution in [0.4, 0.5) is 5.69 Å². The second-order valence-corrected chi connectivity index (χ2v) is 7.05. The molecule has 0 aliphatic carbocycles. The van der Waals surface area contributed by atoms with Crippen molar-refractivity contribution in [3.8, 4) is 11.6 Å². The van der Waals surface area contributed by atoms with E-state index in [1.165, 1.54) is 4.57 Å². The van der Waals surface area contributed by atoms with Crippen molar-refractivity contribution in [2.24, 2.45) is 10.2 Å². The number of aryl methyl sites for hydroxylation is 1. The zero-order chi connectivity index (χ0) is 23.8. The van der Waals surface area contributed by atoms with Crippen LogP contribution >= 0.6 is 0 Å². The zero-order valence-corrected chi connectivity index (χ0v) is 18.3. The number of benzene rings is 2. The Bertz CT molecular complexity index is 1180. The quantitative estimate of drug-likeness (QED) is 0.379. The number of para-hydroxylation sites is 1. The van der Waals surface area contributed by atoms with E-state index in [1.54, 1.807) is 43.3 Å². The fraction of sp³-hybridized carbons (Fsp3) is 0.261. The third-order valence-electron chi connectivity index (χ3n) is 4.60. The number of aromatic nitrogens is 1. The summed E-state index contributed by atoms with van der Waals surface area (Å²) in [6.07, 6.45) is 0. The van der Waals surface area contributed by atoms with Crippen LogP contribution in [0.25, 0.3) is 10.9 Å². The summed E-state index contributed by atoms with van der Waals surface area (Å²) in [7, 11) is 0. The first-order valence-electron chi connectivity index (χ1n) is 10.3. The molecule has 0 spiro atoms. The topological polar surface area (TPSA) is 132 Å². The standard InChI is InChI=1S/C23H24N4O6/c1-3-32-21(30)13-27-18-7-5-4-6-17(18)22(23(27)31)26-25-19(28)12-24-20(29)14-33-16-10-8-15(2)9-11-16/h4-11,31H,3,12-14H2,1-2H3,(H,24,29). The summed E-state index contributed by atoms with van der Waals surface area (Å²) in [4.78, 5) is 35.9. The average Bonchev–Trinajstić information content (AvgIpc) is 3.07. The smallest absolute Gasteiger partial charge is 0.326 e. The molecule has 3 aromatic rings. The fourth-order valence-electron chi connectivity index (χ4n) is 3.02. The normalized spacial score (nSPS) is 11.0. The van der Waals surface area contributed by atoms with Gasteiger partial charge in [0, 0.05) is 5.39 Å². The van der Waals surface area contributed by atoms with Crippen LogP contribution < -0.4 is 10.1 Å². The van der Waals surface area contributed by atoms with Crippen LogP contribution in [0.15, 0.2) is 58.8 Å². The minimum absolute atomic E-state index is 0.0391. The molecule has 0 unspecified atom stereocenters. The van der Waals surface area contributed by atoms with E-state index in [-0.39, 0.29) is 37.9 Å². The highest BCUT2D eigenvalue weighted by Gasteiger charge is 2.19. The van der Waals surface area contributed by atoms with Gasteiger partial charge in [0.05, 0.1) is 12.1 Å². The third kappa shape index (κ3) is 6.16. The number of nitrogens with one attached hydrogen (secondary N) is 1. The van der Waals surface area contributed by atoms with Crippen LogP contribution in [0, 0.1) is 6.92 Å². The number of fused-ring (bicyclic) bond motifs is 1. The van der Waals surface area contributed by atoms with E-state index < -0.39 is 17.8 Å². The average molecular weight is 452 g/mol. The zero-order valence-electron chi connectivity index (χ0n) is 18.3. The molecule has 0 atom stereocenters. The molecule has 0 aliphatic heterocycles. The van der Waals surface area contributed by atoms with Gasteiger partial charge in [-0.2, -0.15) is 0 Å². The molecule has 2 N–H and O–H groups in total. The van der Waals surface area contributed by atoms with Crippen LogP contribution in [0.5, 0.6) is 11.6 Å². The molecule has 1 heterocycles. The van der Waals surface area contributed by atoms with Crippen molar-refractivity contribution in [1.82, 2.24) is 9.88 Å². The Hall–Kier alpha value is -4.21. The predicted molar refractivity (Wildman–Crippen MR) is 119 cm³/mol. The maximum atomic E-state index is 12.1. The van der Waals surface area contributed by atoms with E-state index in [1.807, 2.05) is 19.1 Å². The summed E-state index contributed by atoms with van der Waals surface area (Å²) in [6, 6.07) is 14.0. The number of carbonyl (C=O) groups excluding carboxylic acids is 3. The Morgan fingerprint density at radius 1 is 1.09 bits per heavy atom. The summed E-state index contributed by atoms with van der Waals surface area (Å²) in [5.41, 5.74) is 1.64. The molecule has 0 aliphatic rings. The van der Waals surface area contributed by atoms with Crippen molar-refractivity contribution in [2.45, 2.75) is 20.4 Å². The molecule has 10 nitrogen and oxygen atoms in total. The van der Waals surface area contributed by atoms with Crippen molar-refractivity contribution < 1.29 is 29.0 Å². The lowest BCUT2D eigenvalue weighted by Crippen LogP contribution is -2.32. The third-order valence-corrected chi connectivity index (χ3v) is 4.60. The minimum Gasteiger partial charge on any atom is -0.493 e. The van der Waals surface area contributed by atoms with E-state index in [2.05, 4.69) is 15.5 Å². The Morgan fingerprint density at radius 3 is 2.55 bits per heavy atom. The summed E-state index contributed by atoms with van der Waals surface area (Å²) in [5.74, 6) is -1.52. The number of azo groups is 1. The van der Waals surface area contributed by atoms with Gasteiger partial charge in [0.15, 0.2) is 12.3 Å². The Labute approximate surface area is 189 Å². The Morgan fingerprint density at radius 2 is 1.82 bits per heavy atom. The van der Waals surface area contributed by atoms with Crippen LogP contribution in [0.1, 0.15) is 12.5 Å². The molecule has 1 aromatic heterocycles. The van der Waals surface area contributed by atoms with Gasteiger partial charge in [-0.05, 0) is 32.0 Å². The highest BCUT2D eigenvalue weighted by atomic mass is 16.5. The van der Waals surface area contributed by atoms with Gasteiger partial charge in [0.1, 0.15) is 18.8 Å². The summed E-state index contributed by atoms with van der Waals surface area (Å²) in [6.45, 7) is 2.97. The number of aromatic hydroxyl groups is 1. The van der Waals surface area contributed by atoms with E-state index in [9.17, 15) is 19.5 Å². The summed E-state index contributed by atoms with van der Waals surface area (Å²) in [5, 5.41) is 20.9. The molecule has 0 saturated carbocycles. The lowest BCUT2D eigenvalue weighted by Gasteiger charge is -2.06.